The van der Waals surface area contributed by atoms with Gasteiger partial charge < -0.3 is 9.88 Å². The number of nitriles is 1. The molecule has 0 aliphatic rings. The zero-order chi connectivity index (χ0) is 20.3. The number of hydrogen-bond donors (Lipinski definition) is 1. The zero-order valence-corrected chi connectivity index (χ0v) is 16.2. The second-order valence-electron chi connectivity index (χ2n) is 6.57. The van der Waals surface area contributed by atoms with Crippen molar-refractivity contribution in [1.29, 1.82) is 5.26 Å². The molecule has 0 saturated carbocycles. The van der Waals surface area contributed by atoms with Gasteiger partial charge in [0.25, 0.3) is 11.5 Å². The molecule has 0 fully saturated rings. The number of nitrogens with zero attached hydrogens (tertiary/aromatic N) is 2. The lowest BCUT2D eigenvalue weighted by Crippen LogP contribution is -2.23. The quantitative estimate of drug-likeness (QED) is 0.720. The van der Waals surface area contributed by atoms with Crippen LogP contribution in [0.1, 0.15) is 32.6 Å². The van der Waals surface area contributed by atoms with Crippen LogP contribution in [0.2, 0.25) is 5.02 Å². The highest BCUT2D eigenvalue weighted by Crippen LogP contribution is 2.21. The van der Waals surface area contributed by atoms with Crippen molar-refractivity contribution in [3.63, 3.8) is 0 Å². The molecule has 0 bridgehead atoms. The smallest absolute Gasteiger partial charge is 0.257 e. The average Bonchev–Trinajstić information content (AvgIpc) is 2.66. The molecule has 1 aromatic heterocycles. The number of rotatable bonds is 4. The summed E-state index contributed by atoms with van der Waals surface area (Å²) in [6.07, 6.45) is 1.52. The van der Waals surface area contributed by atoms with Gasteiger partial charge >= 0.3 is 0 Å². The van der Waals surface area contributed by atoms with Crippen molar-refractivity contribution < 1.29 is 4.79 Å². The van der Waals surface area contributed by atoms with Gasteiger partial charge in [0.2, 0.25) is 0 Å². The molecule has 6 heteroatoms. The number of pyridine rings is 1. The summed E-state index contributed by atoms with van der Waals surface area (Å²) in [5.74, 6) is -0.423. The highest BCUT2D eigenvalue weighted by molar-refractivity contribution is 6.31. The summed E-state index contributed by atoms with van der Waals surface area (Å²) < 4.78 is 1.50. The number of anilines is 1. The Bertz CT molecular complexity index is 1160. The van der Waals surface area contributed by atoms with Gasteiger partial charge in [-0.2, -0.15) is 5.26 Å². The third kappa shape index (κ3) is 4.30. The van der Waals surface area contributed by atoms with Gasteiger partial charge in [-0.05, 0) is 49.2 Å². The van der Waals surface area contributed by atoms with Crippen LogP contribution in [0.25, 0.3) is 0 Å². The molecule has 3 aromatic rings. The summed E-state index contributed by atoms with van der Waals surface area (Å²) >= 11 is 5.96. The van der Waals surface area contributed by atoms with E-state index in [1.54, 1.807) is 12.1 Å². The number of aryl methyl sites for hydroxylation is 2. The van der Waals surface area contributed by atoms with Crippen LogP contribution in [0, 0.1) is 25.2 Å². The van der Waals surface area contributed by atoms with Crippen LogP contribution in [-0.4, -0.2) is 10.5 Å². The molecule has 0 aliphatic heterocycles. The Morgan fingerprint density at radius 3 is 2.68 bits per heavy atom. The van der Waals surface area contributed by atoms with E-state index < -0.39 is 5.91 Å². The first kappa shape index (κ1) is 19.4. The standard InChI is InChI=1S/C22H18ClN3O2/c1-14-3-4-15(2)18(9-14)13-26-12-17(6-8-21(26)27)22(28)25-20-10-19(23)7-5-16(20)11-24/h3-10,12H,13H2,1-2H3,(H,25,28). The summed E-state index contributed by atoms with van der Waals surface area (Å²) in [6, 6.07) is 15.5. The van der Waals surface area contributed by atoms with Crippen LogP contribution in [0.5, 0.6) is 0 Å². The number of aromatic nitrogens is 1. The van der Waals surface area contributed by atoms with Crippen molar-refractivity contribution in [1.82, 2.24) is 4.57 Å². The lowest BCUT2D eigenvalue weighted by atomic mass is 10.1. The van der Waals surface area contributed by atoms with Gasteiger partial charge in [-0.3, -0.25) is 9.59 Å². The van der Waals surface area contributed by atoms with Gasteiger partial charge in [0, 0.05) is 17.3 Å². The fraction of sp³-hybridized carbons (Fsp3) is 0.136. The van der Waals surface area contributed by atoms with E-state index in [4.69, 9.17) is 11.6 Å². The molecule has 1 heterocycles. The highest BCUT2D eigenvalue weighted by atomic mass is 35.5. The minimum Gasteiger partial charge on any atom is -0.321 e. The van der Waals surface area contributed by atoms with Crippen LogP contribution in [-0.2, 0) is 6.54 Å². The lowest BCUT2D eigenvalue weighted by molar-refractivity contribution is 0.102. The Morgan fingerprint density at radius 1 is 1.14 bits per heavy atom. The van der Waals surface area contributed by atoms with Gasteiger partial charge in [0.15, 0.2) is 0 Å². The Hall–Kier alpha value is -3.36. The van der Waals surface area contributed by atoms with Gasteiger partial charge in [-0.25, -0.2) is 0 Å². The summed E-state index contributed by atoms with van der Waals surface area (Å²) in [4.78, 5) is 24.9. The maximum absolute atomic E-state index is 12.7. The molecule has 28 heavy (non-hydrogen) atoms. The van der Waals surface area contributed by atoms with Crippen molar-refractivity contribution in [3.8, 4) is 6.07 Å². The molecule has 3 rings (SSSR count). The minimum absolute atomic E-state index is 0.196. The van der Waals surface area contributed by atoms with E-state index in [9.17, 15) is 14.9 Å². The number of amides is 1. The molecule has 5 nitrogen and oxygen atoms in total. The molecule has 0 radical (unpaired) electrons. The highest BCUT2D eigenvalue weighted by Gasteiger charge is 2.12. The number of hydrogen-bond acceptors (Lipinski definition) is 3. The first-order chi connectivity index (χ1) is 13.4. The normalized spacial score (nSPS) is 10.4. The molecule has 0 aliphatic carbocycles. The maximum atomic E-state index is 12.7. The third-order valence-corrected chi connectivity index (χ3v) is 4.68. The minimum atomic E-state index is -0.423. The molecule has 0 saturated heterocycles. The summed E-state index contributed by atoms with van der Waals surface area (Å²) in [5, 5.41) is 12.3. The van der Waals surface area contributed by atoms with Crippen molar-refractivity contribution in [2.24, 2.45) is 0 Å². The lowest BCUT2D eigenvalue weighted by Gasteiger charge is -2.12. The van der Waals surface area contributed by atoms with E-state index in [1.807, 2.05) is 38.1 Å². The number of benzene rings is 2. The molecular weight excluding hydrogens is 374 g/mol. The number of carbonyl (C=O) groups excluding carboxylic acids is 1. The van der Waals surface area contributed by atoms with E-state index in [0.29, 0.717) is 28.4 Å². The summed E-state index contributed by atoms with van der Waals surface area (Å²) in [7, 11) is 0. The number of nitrogens with one attached hydrogen (secondary N) is 1. The molecule has 2 aromatic carbocycles. The Labute approximate surface area is 167 Å². The van der Waals surface area contributed by atoms with Crippen LogP contribution in [0.3, 0.4) is 0 Å². The van der Waals surface area contributed by atoms with Crippen LogP contribution in [0.15, 0.2) is 59.5 Å². The molecule has 1 amide bonds. The van der Waals surface area contributed by atoms with E-state index in [-0.39, 0.29) is 5.56 Å². The van der Waals surface area contributed by atoms with Gasteiger partial charge in [-0.15, -0.1) is 0 Å². The maximum Gasteiger partial charge on any atom is 0.257 e. The van der Waals surface area contributed by atoms with Crippen LogP contribution < -0.4 is 10.9 Å². The monoisotopic (exact) mass is 391 g/mol. The topological polar surface area (TPSA) is 74.9 Å². The number of halogens is 1. The Kier molecular flexibility index (Phi) is 5.62. The van der Waals surface area contributed by atoms with E-state index in [0.717, 1.165) is 16.7 Å². The zero-order valence-electron chi connectivity index (χ0n) is 15.5. The molecule has 0 atom stereocenters. The third-order valence-electron chi connectivity index (χ3n) is 4.44. The summed E-state index contributed by atoms with van der Waals surface area (Å²) in [6.45, 7) is 4.35. The van der Waals surface area contributed by atoms with Gasteiger partial charge in [0.1, 0.15) is 6.07 Å². The van der Waals surface area contributed by atoms with Crippen molar-refractivity contribution >= 4 is 23.2 Å². The second-order valence-corrected chi connectivity index (χ2v) is 7.01. The molecule has 0 unspecified atom stereocenters. The predicted octanol–water partition coefficient (Wildman–Crippen LogP) is 4.29. The first-order valence-corrected chi connectivity index (χ1v) is 9.03. The Morgan fingerprint density at radius 2 is 1.93 bits per heavy atom. The van der Waals surface area contributed by atoms with E-state index >= 15 is 0 Å². The van der Waals surface area contributed by atoms with E-state index in [1.165, 1.54) is 29.0 Å². The van der Waals surface area contributed by atoms with Crippen molar-refractivity contribution in [2.45, 2.75) is 20.4 Å². The average molecular weight is 392 g/mol. The van der Waals surface area contributed by atoms with Gasteiger partial charge in [0.05, 0.1) is 23.4 Å². The van der Waals surface area contributed by atoms with Crippen molar-refractivity contribution in [2.75, 3.05) is 5.32 Å². The van der Waals surface area contributed by atoms with E-state index in [2.05, 4.69) is 5.32 Å². The summed E-state index contributed by atoms with van der Waals surface area (Å²) in [5.41, 5.74) is 3.94. The largest absolute Gasteiger partial charge is 0.321 e. The van der Waals surface area contributed by atoms with Gasteiger partial charge in [-0.1, -0.05) is 35.4 Å². The molecule has 1 N–H and O–H groups in total. The fourth-order valence-corrected chi connectivity index (χ4v) is 3.03. The molecule has 0 spiro atoms. The van der Waals surface area contributed by atoms with Crippen LogP contribution in [0.4, 0.5) is 5.69 Å². The Balaban J connectivity index is 1.90. The van der Waals surface area contributed by atoms with Crippen molar-refractivity contribution in [3.05, 3.63) is 97.9 Å². The molecule has 140 valence electrons. The molecular formula is C22H18ClN3O2. The number of carbonyl (C=O) groups is 1. The van der Waals surface area contributed by atoms with Crippen LogP contribution >= 0.6 is 11.6 Å². The SMILES string of the molecule is Cc1ccc(C)c(Cn2cc(C(=O)Nc3cc(Cl)ccc3C#N)ccc2=O)c1. The fourth-order valence-electron chi connectivity index (χ4n) is 2.86. The predicted molar refractivity (Wildman–Crippen MR) is 110 cm³/mol. The second kappa shape index (κ2) is 8.12. The first-order valence-electron chi connectivity index (χ1n) is 8.65.